The summed E-state index contributed by atoms with van der Waals surface area (Å²) in [7, 11) is 0. The SMILES string of the molecule is CCCCCCCCCCCCOc1ccc(C(=O)N=C2C=CC(=C3C(=O)C(c4ccc(N(CCCCCCCCCCCC)CCCCCCCCCCCC)cc4)=C3O)C=C2)cc1. The minimum absolute atomic E-state index is 0.0200. The van der Waals surface area contributed by atoms with E-state index < -0.39 is 0 Å². The van der Waals surface area contributed by atoms with Crippen molar-refractivity contribution in [2.24, 2.45) is 4.99 Å². The Bertz CT molecular complexity index is 1760. The number of aliphatic imine (C=N–C) groups is 1. The van der Waals surface area contributed by atoms with Gasteiger partial charge >= 0.3 is 0 Å². The lowest BCUT2D eigenvalue weighted by molar-refractivity contribution is -0.111. The maximum Gasteiger partial charge on any atom is 0.277 e. The van der Waals surface area contributed by atoms with Crippen molar-refractivity contribution in [1.29, 1.82) is 0 Å². The van der Waals surface area contributed by atoms with Gasteiger partial charge in [0.05, 0.1) is 23.5 Å². The van der Waals surface area contributed by atoms with Crippen LogP contribution in [-0.2, 0) is 4.79 Å². The molecule has 0 heterocycles. The van der Waals surface area contributed by atoms with Crippen molar-refractivity contribution in [2.45, 2.75) is 213 Å². The smallest absolute Gasteiger partial charge is 0.277 e. The molecule has 0 saturated carbocycles. The summed E-state index contributed by atoms with van der Waals surface area (Å²) in [5, 5.41) is 11.2. The van der Waals surface area contributed by atoms with Gasteiger partial charge < -0.3 is 14.7 Å². The lowest BCUT2D eigenvalue weighted by atomic mass is 9.80. The van der Waals surface area contributed by atoms with Crippen LogP contribution in [0.3, 0.4) is 0 Å². The molecule has 1 N–H and O–H groups in total. The maximum absolute atomic E-state index is 13.5. The summed E-state index contributed by atoms with van der Waals surface area (Å²) in [6.45, 7) is 9.60. The van der Waals surface area contributed by atoms with Gasteiger partial charge in [0.2, 0.25) is 5.78 Å². The molecule has 0 bridgehead atoms. The number of allylic oxidation sites excluding steroid dienone is 7. The number of ether oxygens (including phenoxy) is 1. The number of nitrogens with zero attached hydrogens (tertiary/aromatic N) is 2. The number of rotatable bonds is 37. The number of hydrogen-bond acceptors (Lipinski definition) is 5. The molecule has 0 unspecified atom stereocenters. The highest BCUT2D eigenvalue weighted by molar-refractivity contribution is 6.39. The highest BCUT2D eigenvalue weighted by Gasteiger charge is 2.36. The summed E-state index contributed by atoms with van der Waals surface area (Å²) in [4.78, 5) is 33.3. The quantitative estimate of drug-likeness (QED) is 0.0540. The Hall–Kier alpha value is -4.19. The van der Waals surface area contributed by atoms with E-state index in [2.05, 4.69) is 42.8 Å². The number of hydrogen-bond donors (Lipinski definition) is 1. The third kappa shape index (κ3) is 20.5. The molecule has 0 atom stereocenters. The van der Waals surface area contributed by atoms with Crippen LogP contribution < -0.4 is 9.64 Å². The van der Waals surface area contributed by atoms with Crippen molar-refractivity contribution < 1.29 is 19.4 Å². The van der Waals surface area contributed by atoms with Gasteiger partial charge in [-0.25, -0.2) is 4.99 Å². The molecule has 0 fully saturated rings. The molecule has 358 valence electrons. The Balaban J connectivity index is 1.25. The second-order valence-corrected chi connectivity index (χ2v) is 18.8. The molecule has 65 heavy (non-hydrogen) atoms. The van der Waals surface area contributed by atoms with Gasteiger partial charge in [-0.3, -0.25) is 9.59 Å². The number of anilines is 1. The zero-order valence-electron chi connectivity index (χ0n) is 41.3. The highest BCUT2D eigenvalue weighted by atomic mass is 16.5. The van der Waals surface area contributed by atoms with Gasteiger partial charge in [0.15, 0.2) is 0 Å². The Morgan fingerprint density at radius 2 is 0.923 bits per heavy atom. The van der Waals surface area contributed by atoms with Crippen LogP contribution in [0.25, 0.3) is 5.57 Å². The van der Waals surface area contributed by atoms with Crippen molar-refractivity contribution in [3.63, 3.8) is 0 Å². The van der Waals surface area contributed by atoms with E-state index in [0.29, 0.717) is 34.6 Å². The van der Waals surface area contributed by atoms with E-state index in [0.717, 1.165) is 30.8 Å². The van der Waals surface area contributed by atoms with Crippen molar-refractivity contribution >= 4 is 28.7 Å². The zero-order valence-corrected chi connectivity index (χ0v) is 41.3. The van der Waals surface area contributed by atoms with E-state index in [1.807, 2.05) is 24.3 Å². The number of aliphatic hydroxyl groups is 1. The first-order chi connectivity index (χ1) is 32.0. The molecule has 2 aromatic rings. The van der Waals surface area contributed by atoms with Gasteiger partial charge in [0, 0.05) is 24.3 Å². The van der Waals surface area contributed by atoms with Gasteiger partial charge in [0.25, 0.3) is 5.91 Å². The third-order valence-electron chi connectivity index (χ3n) is 13.3. The number of amides is 1. The fourth-order valence-electron chi connectivity index (χ4n) is 9.09. The van der Waals surface area contributed by atoms with Gasteiger partial charge in [0.1, 0.15) is 11.5 Å². The van der Waals surface area contributed by atoms with Gasteiger partial charge in [-0.15, -0.1) is 0 Å². The van der Waals surface area contributed by atoms with Crippen LogP contribution in [0, 0.1) is 0 Å². The summed E-state index contributed by atoms with van der Waals surface area (Å²) in [5.41, 5.74) is 4.19. The summed E-state index contributed by atoms with van der Waals surface area (Å²) in [5.74, 6) is 0.268. The predicted molar refractivity (Wildman–Crippen MR) is 278 cm³/mol. The predicted octanol–water partition coefficient (Wildman–Crippen LogP) is 17.2. The first-order valence-corrected chi connectivity index (χ1v) is 26.8. The normalized spacial score (nSPS) is 13.5. The molecule has 2 aliphatic carbocycles. The van der Waals surface area contributed by atoms with Crippen LogP contribution in [0.5, 0.6) is 5.75 Å². The van der Waals surface area contributed by atoms with Crippen LogP contribution in [-0.4, -0.2) is 42.2 Å². The molecule has 6 heteroatoms. The molecular formula is C59H88N2O4. The van der Waals surface area contributed by atoms with Crippen molar-refractivity contribution in [2.75, 3.05) is 24.6 Å². The van der Waals surface area contributed by atoms with Gasteiger partial charge in [-0.1, -0.05) is 218 Å². The lowest BCUT2D eigenvalue weighted by Crippen LogP contribution is -2.26. The number of carbonyl (C=O) groups is 2. The molecule has 0 radical (unpaired) electrons. The fraction of sp³-hybridized carbons (Fsp3) is 0.610. The van der Waals surface area contributed by atoms with Crippen LogP contribution in [0.2, 0.25) is 0 Å². The van der Waals surface area contributed by atoms with Crippen molar-refractivity contribution in [1.82, 2.24) is 0 Å². The average molecular weight is 889 g/mol. The molecular weight excluding hydrogens is 801 g/mol. The largest absolute Gasteiger partial charge is 0.506 e. The van der Waals surface area contributed by atoms with Gasteiger partial charge in [-0.2, -0.15) is 0 Å². The number of ketones is 1. The maximum atomic E-state index is 13.5. The number of benzene rings is 2. The molecule has 0 aliphatic heterocycles. The molecule has 6 nitrogen and oxygen atoms in total. The number of Topliss-reactive ketones (excluding diaryl/α,β-unsaturated/α-hetero) is 1. The second-order valence-electron chi connectivity index (χ2n) is 18.8. The molecule has 4 rings (SSSR count). The van der Waals surface area contributed by atoms with Crippen LogP contribution in [0.15, 0.2) is 94.7 Å². The Kier molecular flexibility index (Phi) is 27.4. The number of carbonyl (C=O) groups excluding carboxylic acids is 2. The van der Waals surface area contributed by atoms with Crippen molar-refractivity contribution in [3.8, 4) is 5.75 Å². The van der Waals surface area contributed by atoms with Gasteiger partial charge in [-0.05, 0) is 78.9 Å². The summed E-state index contributed by atoms with van der Waals surface area (Å²) in [6, 6.07) is 15.4. The summed E-state index contributed by atoms with van der Waals surface area (Å²) in [6.07, 6.45) is 46.4. The topological polar surface area (TPSA) is 79.2 Å². The zero-order chi connectivity index (χ0) is 46.2. The van der Waals surface area contributed by atoms with E-state index in [1.54, 1.807) is 36.4 Å². The van der Waals surface area contributed by atoms with E-state index in [-0.39, 0.29) is 17.4 Å². The first kappa shape index (κ1) is 53.4. The van der Waals surface area contributed by atoms with E-state index in [4.69, 9.17) is 4.74 Å². The number of unbranched alkanes of at least 4 members (excludes halogenated alkanes) is 27. The average Bonchev–Trinajstić information content (AvgIpc) is 3.32. The third-order valence-corrected chi connectivity index (χ3v) is 13.3. The monoisotopic (exact) mass is 889 g/mol. The van der Waals surface area contributed by atoms with E-state index in [1.165, 1.54) is 192 Å². The molecule has 2 aromatic carbocycles. The highest BCUT2D eigenvalue weighted by Crippen LogP contribution is 2.39. The Labute approximate surface area is 396 Å². The summed E-state index contributed by atoms with van der Waals surface area (Å²) < 4.78 is 5.92. The molecule has 2 aliphatic rings. The molecule has 0 saturated heterocycles. The molecule has 0 spiro atoms. The molecule has 0 aromatic heterocycles. The standard InChI is InChI=1S/C59H88N2O4/c1-4-7-10-13-16-19-22-25-28-31-46-61(47-32-29-26-23-20-17-14-11-8-5-2)53-42-36-50(37-43-53)56-57(62)55(58(56)63)49-34-40-52(41-35-49)60-59(64)51-38-44-54(45-39-51)65-48-33-30-27-24-21-18-15-12-9-6-3/h34-45,62H,4-33,46-48H2,1-3H3. The van der Waals surface area contributed by atoms with E-state index >= 15 is 0 Å². The minimum Gasteiger partial charge on any atom is -0.506 e. The van der Waals surface area contributed by atoms with Crippen LogP contribution >= 0.6 is 0 Å². The second kappa shape index (κ2) is 33.3. The van der Waals surface area contributed by atoms with Crippen LogP contribution in [0.1, 0.15) is 229 Å². The first-order valence-electron chi connectivity index (χ1n) is 26.8. The van der Waals surface area contributed by atoms with Crippen molar-refractivity contribution in [3.05, 3.63) is 101 Å². The fourth-order valence-corrected chi connectivity index (χ4v) is 9.09. The Morgan fingerprint density at radius 1 is 0.508 bits per heavy atom. The minimum atomic E-state index is -0.342. The number of aliphatic hydroxyl groups excluding tert-OH is 1. The summed E-state index contributed by atoms with van der Waals surface area (Å²) >= 11 is 0. The Morgan fingerprint density at radius 3 is 1.35 bits per heavy atom. The molecule has 1 amide bonds. The lowest BCUT2D eigenvalue weighted by Gasteiger charge is -2.27. The van der Waals surface area contributed by atoms with Crippen LogP contribution in [0.4, 0.5) is 5.69 Å². The van der Waals surface area contributed by atoms with E-state index in [9.17, 15) is 14.7 Å².